The fourth-order valence-electron chi connectivity index (χ4n) is 4.75. The van der Waals surface area contributed by atoms with Crippen molar-refractivity contribution in [1.29, 1.82) is 0 Å². The summed E-state index contributed by atoms with van der Waals surface area (Å²) in [7, 11) is 0. The fraction of sp³-hybridized carbons (Fsp3) is 0.400. The van der Waals surface area contributed by atoms with Crippen LogP contribution in [0.1, 0.15) is 43.2 Å². The first-order valence-corrected chi connectivity index (χ1v) is 11.5. The molecule has 8 heteroatoms. The third kappa shape index (κ3) is 4.94. The van der Waals surface area contributed by atoms with Crippen LogP contribution in [0.5, 0.6) is 0 Å². The third-order valence-electron chi connectivity index (χ3n) is 6.55. The maximum Gasteiger partial charge on any atom is 0.410 e. The van der Waals surface area contributed by atoms with E-state index in [1.807, 2.05) is 36.4 Å². The van der Waals surface area contributed by atoms with Crippen LogP contribution in [0.3, 0.4) is 0 Å². The number of nitrogens with zero attached hydrogens (tertiary/aromatic N) is 2. The Morgan fingerprint density at radius 1 is 1.12 bits per heavy atom. The Labute approximate surface area is 191 Å². The van der Waals surface area contributed by atoms with Crippen LogP contribution in [0, 0.1) is 5.92 Å². The van der Waals surface area contributed by atoms with E-state index in [0.717, 1.165) is 54.5 Å². The van der Waals surface area contributed by atoms with Crippen LogP contribution in [0.4, 0.5) is 16.5 Å². The second-order valence-electron chi connectivity index (χ2n) is 8.89. The number of hydrogen-bond acceptors (Lipinski definition) is 6. The number of aromatic nitrogens is 1. The summed E-state index contributed by atoms with van der Waals surface area (Å²) in [6.07, 6.45) is 3.61. The zero-order valence-corrected chi connectivity index (χ0v) is 18.3. The minimum Gasteiger partial charge on any atom is -0.481 e. The van der Waals surface area contributed by atoms with Crippen LogP contribution in [-0.2, 0) is 22.5 Å². The molecule has 2 aliphatic rings. The number of carbonyl (C=O) groups excluding carboxylic acids is 1. The van der Waals surface area contributed by atoms with E-state index in [1.165, 1.54) is 5.56 Å². The first-order chi connectivity index (χ1) is 16.0. The predicted octanol–water partition coefficient (Wildman–Crippen LogP) is 5.10. The zero-order chi connectivity index (χ0) is 22.8. The minimum atomic E-state index is -0.755. The SMILES string of the molecule is O=C(O)CC1CCC(OC(=O)N2CCc3cc(Nc4nc5ccccc5o4)ccc3C2)CC1. The molecule has 33 heavy (non-hydrogen) atoms. The van der Waals surface area contributed by atoms with Crippen LogP contribution in [0.25, 0.3) is 11.1 Å². The largest absolute Gasteiger partial charge is 0.481 e. The number of oxazole rings is 1. The van der Waals surface area contributed by atoms with Gasteiger partial charge in [0.15, 0.2) is 5.58 Å². The molecule has 0 saturated heterocycles. The van der Waals surface area contributed by atoms with Gasteiger partial charge in [0.2, 0.25) is 0 Å². The van der Waals surface area contributed by atoms with Crippen LogP contribution in [0.2, 0.25) is 0 Å². The maximum absolute atomic E-state index is 12.7. The van der Waals surface area contributed by atoms with Gasteiger partial charge in [0.25, 0.3) is 6.01 Å². The maximum atomic E-state index is 12.7. The van der Waals surface area contributed by atoms with Crippen molar-refractivity contribution in [3.05, 3.63) is 53.6 Å². The second-order valence-corrected chi connectivity index (χ2v) is 8.89. The lowest BCUT2D eigenvalue weighted by Gasteiger charge is -2.32. The summed E-state index contributed by atoms with van der Waals surface area (Å²) in [5, 5.41) is 12.2. The van der Waals surface area contributed by atoms with Crippen molar-refractivity contribution in [2.45, 2.75) is 51.2 Å². The van der Waals surface area contributed by atoms with E-state index in [2.05, 4.69) is 16.4 Å². The van der Waals surface area contributed by atoms with Crippen molar-refractivity contribution >= 4 is 34.9 Å². The molecule has 0 unspecified atom stereocenters. The molecule has 1 aliphatic carbocycles. The van der Waals surface area contributed by atoms with Gasteiger partial charge in [-0.15, -0.1) is 0 Å². The van der Waals surface area contributed by atoms with Crippen molar-refractivity contribution in [2.75, 3.05) is 11.9 Å². The molecule has 0 radical (unpaired) electrons. The van der Waals surface area contributed by atoms with Gasteiger partial charge in [0.1, 0.15) is 11.6 Å². The molecule has 1 fully saturated rings. The van der Waals surface area contributed by atoms with Gasteiger partial charge in [-0.1, -0.05) is 18.2 Å². The average Bonchev–Trinajstić information content (AvgIpc) is 3.22. The lowest BCUT2D eigenvalue weighted by Crippen LogP contribution is -2.39. The summed E-state index contributed by atoms with van der Waals surface area (Å²) in [5.41, 5.74) is 4.74. The molecular formula is C25H27N3O5. The Balaban J connectivity index is 1.16. The van der Waals surface area contributed by atoms with Crippen LogP contribution < -0.4 is 5.32 Å². The highest BCUT2D eigenvalue weighted by Crippen LogP contribution is 2.30. The highest BCUT2D eigenvalue weighted by Gasteiger charge is 2.28. The van der Waals surface area contributed by atoms with E-state index >= 15 is 0 Å². The molecule has 0 spiro atoms. The first kappa shape index (κ1) is 21.3. The number of anilines is 2. The molecule has 172 valence electrons. The van der Waals surface area contributed by atoms with Crippen molar-refractivity contribution < 1.29 is 23.8 Å². The molecule has 1 aliphatic heterocycles. The normalized spacial score (nSPS) is 20.3. The molecule has 5 rings (SSSR count). The molecule has 1 aromatic heterocycles. The molecule has 0 atom stereocenters. The van der Waals surface area contributed by atoms with E-state index in [0.29, 0.717) is 19.1 Å². The number of nitrogens with one attached hydrogen (secondary N) is 1. The molecule has 1 amide bonds. The van der Waals surface area contributed by atoms with Crippen molar-refractivity contribution in [3.8, 4) is 0 Å². The van der Waals surface area contributed by atoms with Crippen LogP contribution >= 0.6 is 0 Å². The number of carboxylic acid groups (broad SMARTS) is 1. The predicted molar refractivity (Wildman–Crippen MR) is 122 cm³/mol. The topological polar surface area (TPSA) is 105 Å². The van der Waals surface area contributed by atoms with Crippen molar-refractivity contribution in [3.63, 3.8) is 0 Å². The van der Waals surface area contributed by atoms with Gasteiger partial charge < -0.3 is 24.5 Å². The number of benzene rings is 2. The van der Waals surface area contributed by atoms with E-state index in [1.54, 1.807) is 4.90 Å². The number of fused-ring (bicyclic) bond motifs is 2. The molecule has 8 nitrogen and oxygen atoms in total. The number of aliphatic carboxylic acids is 1. The Morgan fingerprint density at radius 2 is 1.94 bits per heavy atom. The lowest BCUT2D eigenvalue weighted by atomic mass is 9.85. The highest BCUT2D eigenvalue weighted by molar-refractivity contribution is 5.75. The Kier molecular flexibility index (Phi) is 5.90. The van der Waals surface area contributed by atoms with Gasteiger partial charge in [-0.3, -0.25) is 4.79 Å². The van der Waals surface area contributed by atoms with Gasteiger partial charge in [-0.2, -0.15) is 4.98 Å². The third-order valence-corrected chi connectivity index (χ3v) is 6.55. The molecule has 1 saturated carbocycles. The number of carbonyl (C=O) groups is 2. The van der Waals surface area contributed by atoms with Crippen molar-refractivity contribution in [2.24, 2.45) is 5.92 Å². The lowest BCUT2D eigenvalue weighted by molar-refractivity contribution is -0.138. The summed E-state index contributed by atoms with van der Waals surface area (Å²) in [6.45, 7) is 1.12. The van der Waals surface area contributed by atoms with E-state index in [-0.39, 0.29) is 24.5 Å². The highest BCUT2D eigenvalue weighted by atomic mass is 16.6. The number of para-hydroxylation sites is 2. The summed E-state index contributed by atoms with van der Waals surface area (Å²) < 4.78 is 11.5. The average molecular weight is 450 g/mol. The quantitative estimate of drug-likeness (QED) is 0.558. The summed E-state index contributed by atoms with van der Waals surface area (Å²) in [5.74, 6) is -0.563. The fourth-order valence-corrected chi connectivity index (χ4v) is 4.75. The van der Waals surface area contributed by atoms with E-state index in [9.17, 15) is 9.59 Å². The minimum absolute atomic E-state index is 0.119. The number of rotatable bonds is 5. The number of hydrogen-bond donors (Lipinski definition) is 2. The molecule has 2 heterocycles. The molecule has 0 bridgehead atoms. The summed E-state index contributed by atoms with van der Waals surface area (Å²) >= 11 is 0. The van der Waals surface area contributed by atoms with Gasteiger partial charge in [0, 0.05) is 25.2 Å². The van der Waals surface area contributed by atoms with Gasteiger partial charge in [-0.25, -0.2) is 4.79 Å². The Hall–Kier alpha value is -3.55. The number of carboxylic acids is 1. The van der Waals surface area contributed by atoms with Crippen molar-refractivity contribution in [1.82, 2.24) is 9.88 Å². The number of ether oxygens (including phenoxy) is 1. The second kappa shape index (κ2) is 9.13. The Bertz CT molecular complexity index is 1130. The molecule has 2 N–H and O–H groups in total. The van der Waals surface area contributed by atoms with E-state index in [4.69, 9.17) is 14.3 Å². The van der Waals surface area contributed by atoms with Gasteiger partial charge in [0.05, 0.1) is 0 Å². The summed E-state index contributed by atoms with van der Waals surface area (Å²) in [4.78, 5) is 29.8. The number of amides is 1. The smallest absolute Gasteiger partial charge is 0.410 e. The standard InChI is InChI=1S/C25H27N3O5/c29-23(30)13-16-5-9-20(10-6-16)32-25(31)28-12-11-17-14-19(8-7-18(17)15-28)26-24-27-21-3-1-2-4-22(21)33-24/h1-4,7-8,14,16,20H,5-6,9-13,15H2,(H,26,27)(H,29,30). The van der Waals surface area contributed by atoms with Crippen LogP contribution in [-0.4, -0.2) is 39.7 Å². The van der Waals surface area contributed by atoms with Crippen LogP contribution in [0.15, 0.2) is 46.9 Å². The van der Waals surface area contributed by atoms with E-state index < -0.39 is 5.97 Å². The monoisotopic (exact) mass is 449 g/mol. The van der Waals surface area contributed by atoms with Gasteiger partial charge >= 0.3 is 12.1 Å². The first-order valence-electron chi connectivity index (χ1n) is 11.5. The molecule has 3 aromatic rings. The van der Waals surface area contributed by atoms with Gasteiger partial charge in [-0.05, 0) is 73.4 Å². The zero-order valence-electron chi connectivity index (χ0n) is 18.3. The molecule has 2 aromatic carbocycles. The summed E-state index contributed by atoms with van der Waals surface area (Å²) in [6, 6.07) is 14.2. The molecular weight excluding hydrogens is 422 g/mol. The Morgan fingerprint density at radius 3 is 2.73 bits per heavy atom.